The van der Waals surface area contributed by atoms with Gasteiger partial charge in [0.05, 0.1) is 13.2 Å². The second-order valence-corrected chi connectivity index (χ2v) is 6.99. The predicted octanol–water partition coefficient (Wildman–Crippen LogP) is 4.87. The Hall–Kier alpha value is -3.02. The summed E-state index contributed by atoms with van der Waals surface area (Å²) >= 11 is 0. The summed E-state index contributed by atoms with van der Waals surface area (Å²) in [7, 11) is 0. The zero-order valence-corrected chi connectivity index (χ0v) is 18.1. The number of hydrogen-bond donors (Lipinski definition) is 2. The van der Waals surface area contributed by atoms with Gasteiger partial charge in [-0.1, -0.05) is 66.7 Å². The Kier molecular flexibility index (Phi) is 10.4. The van der Waals surface area contributed by atoms with Crippen molar-refractivity contribution in [2.24, 2.45) is 0 Å². The third kappa shape index (κ3) is 8.70. The van der Waals surface area contributed by atoms with E-state index in [1.54, 1.807) is 0 Å². The highest BCUT2D eigenvalue weighted by atomic mass is 35.5. The predicted molar refractivity (Wildman–Crippen MR) is 124 cm³/mol. The third-order valence-corrected chi connectivity index (χ3v) is 4.56. The molecule has 31 heavy (non-hydrogen) atoms. The van der Waals surface area contributed by atoms with Crippen molar-refractivity contribution in [2.45, 2.75) is 26.0 Å². The van der Waals surface area contributed by atoms with Gasteiger partial charge < -0.3 is 19.9 Å². The zero-order valence-electron chi connectivity index (χ0n) is 17.3. The van der Waals surface area contributed by atoms with Gasteiger partial charge in [0.1, 0.15) is 6.61 Å². The van der Waals surface area contributed by atoms with Gasteiger partial charge in [0.25, 0.3) is 0 Å². The molecule has 0 aliphatic rings. The van der Waals surface area contributed by atoms with Crippen LogP contribution < -0.4 is 14.8 Å². The Morgan fingerprint density at radius 2 is 1.48 bits per heavy atom. The van der Waals surface area contributed by atoms with E-state index in [9.17, 15) is 4.79 Å². The molecule has 2 N–H and O–H groups in total. The van der Waals surface area contributed by atoms with E-state index in [1.807, 2.05) is 66.7 Å². The van der Waals surface area contributed by atoms with Gasteiger partial charge in [-0.15, -0.1) is 12.4 Å². The van der Waals surface area contributed by atoms with Crippen molar-refractivity contribution in [3.63, 3.8) is 0 Å². The first-order valence-corrected chi connectivity index (χ1v) is 10.1. The van der Waals surface area contributed by atoms with Crippen LogP contribution in [0.1, 0.15) is 23.1 Å². The molecule has 0 saturated heterocycles. The molecule has 0 aromatic heterocycles. The van der Waals surface area contributed by atoms with Crippen LogP contribution in [0.5, 0.6) is 11.5 Å². The maximum Gasteiger partial charge on any atom is 0.317 e. The summed E-state index contributed by atoms with van der Waals surface area (Å²) in [5.74, 6) is 0.476. The Bertz CT molecular complexity index is 919. The highest BCUT2D eigenvalue weighted by Gasteiger charge is 2.08. The van der Waals surface area contributed by atoms with E-state index in [1.165, 1.54) is 5.56 Å². The number of ether oxygens (including phenoxy) is 2. The fraction of sp³-hybridized carbons (Fsp3) is 0.240. The van der Waals surface area contributed by atoms with Crippen molar-refractivity contribution >= 4 is 18.4 Å². The zero-order chi connectivity index (χ0) is 21.0. The summed E-state index contributed by atoms with van der Waals surface area (Å²) < 4.78 is 12.0. The van der Waals surface area contributed by atoms with Crippen molar-refractivity contribution in [3.05, 3.63) is 95.6 Å². The Morgan fingerprint density at radius 3 is 2.16 bits per heavy atom. The van der Waals surface area contributed by atoms with Gasteiger partial charge in [-0.2, -0.15) is 0 Å². The number of hydrogen-bond acceptors (Lipinski definition) is 4. The molecular formula is C25H28ClNO4. The first-order chi connectivity index (χ1) is 14.7. The standard InChI is InChI=1S/C25H27NO4.ClH/c27-25(28)18-26-17-22-13-14-23(30-19-21-10-5-2-6-11-21)24(16-22)29-15-7-12-20-8-3-1-4-9-20;/h1-6,8-11,13-14,16,26H,7,12,15,17-19H2,(H,27,28);1H. The molecule has 3 rings (SSSR count). The van der Waals surface area contributed by atoms with Gasteiger partial charge in [-0.25, -0.2) is 0 Å². The topological polar surface area (TPSA) is 67.8 Å². The van der Waals surface area contributed by atoms with Gasteiger partial charge >= 0.3 is 5.97 Å². The molecule has 0 bridgehead atoms. The van der Waals surface area contributed by atoms with E-state index in [-0.39, 0.29) is 19.0 Å². The first-order valence-electron chi connectivity index (χ1n) is 10.1. The van der Waals surface area contributed by atoms with Crippen LogP contribution >= 0.6 is 12.4 Å². The maximum atomic E-state index is 10.7. The fourth-order valence-electron chi connectivity index (χ4n) is 3.05. The number of carbonyl (C=O) groups is 1. The van der Waals surface area contributed by atoms with Crippen LogP contribution in [0.4, 0.5) is 0 Å². The number of carboxylic acid groups (broad SMARTS) is 1. The molecule has 0 aliphatic carbocycles. The van der Waals surface area contributed by atoms with Gasteiger partial charge in [-0.3, -0.25) is 4.79 Å². The van der Waals surface area contributed by atoms with Crippen molar-refractivity contribution < 1.29 is 19.4 Å². The SMILES string of the molecule is Cl.O=C(O)CNCc1ccc(OCc2ccccc2)c(OCCCc2ccccc2)c1. The Balaban J connectivity index is 0.00000341. The van der Waals surface area contributed by atoms with Crippen LogP contribution in [0.25, 0.3) is 0 Å². The largest absolute Gasteiger partial charge is 0.490 e. The van der Waals surface area contributed by atoms with Crippen LogP contribution in [-0.4, -0.2) is 24.2 Å². The smallest absolute Gasteiger partial charge is 0.317 e. The first kappa shape index (κ1) is 24.3. The molecule has 164 valence electrons. The molecule has 0 fully saturated rings. The Morgan fingerprint density at radius 1 is 0.806 bits per heavy atom. The number of aryl methyl sites for hydroxylation is 1. The lowest BCUT2D eigenvalue weighted by Crippen LogP contribution is -2.21. The maximum absolute atomic E-state index is 10.7. The van der Waals surface area contributed by atoms with Gasteiger partial charge in [-0.05, 0) is 41.7 Å². The normalized spacial score (nSPS) is 10.2. The molecule has 0 atom stereocenters. The molecule has 3 aromatic rings. The molecule has 0 unspecified atom stereocenters. The van der Waals surface area contributed by atoms with Crippen molar-refractivity contribution in [2.75, 3.05) is 13.2 Å². The molecule has 0 aliphatic heterocycles. The molecule has 3 aromatic carbocycles. The number of benzene rings is 3. The Labute approximate surface area is 189 Å². The highest BCUT2D eigenvalue weighted by Crippen LogP contribution is 2.29. The van der Waals surface area contributed by atoms with Gasteiger partial charge in [0, 0.05) is 6.54 Å². The third-order valence-electron chi connectivity index (χ3n) is 4.56. The minimum absolute atomic E-state index is 0. The van der Waals surface area contributed by atoms with E-state index < -0.39 is 5.97 Å². The molecule has 0 radical (unpaired) electrons. The van der Waals surface area contributed by atoms with Crippen LogP contribution in [0.3, 0.4) is 0 Å². The average Bonchev–Trinajstić information content (AvgIpc) is 2.77. The van der Waals surface area contributed by atoms with Crippen LogP contribution in [-0.2, 0) is 24.4 Å². The lowest BCUT2D eigenvalue weighted by molar-refractivity contribution is -0.135. The van der Waals surface area contributed by atoms with Crippen molar-refractivity contribution in [1.82, 2.24) is 5.32 Å². The second kappa shape index (κ2) is 13.3. The van der Waals surface area contributed by atoms with E-state index in [4.69, 9.17) is 14.6 Å². The number of aliphatic carboxylic acids is 1. The lowest BCUT2D eigenvalue weighted by atomic mass is 10.1. The summed E-state index contributed by atoms with van der Waals surface area (Å²) in [6.45, 7) is 1.39. The molecule has 0 spiro atoms. The van der Waals surface area contributed by atoms with E-state index in [0.717, 1.165) is 24.0 Å². The summed E-state index contributed by atoms with van der Waals surface area (Å²) in [5.41, 5.74) is 3.31. The lowest BCUT2D eigenvalue weighted by Gasteiger charge is -2.15. The van der Waals surface area contributed by atoms with Crippen molar-refractivity contribution in [3.8, 4) is 11.5 Å². The van der Waals surface area contributed by atoms with Crippen molar-refractivity contribution in [1.29, 1.82) is 0 Å². The molecule has 0 heterocycles. The molecule has 0 amide bonds. The molecule has 5 nitrogen and oxygen atoms in total. The summed E-state index contributed by atoms with van der Waals surface area (Å²) in [6, 6.07) is 26.0. The number of halogens is 1. The summed E-state index contributed by atoms with van der Waals surface area (Å²) in [5, 5.41) is 11.7. The molecular weight excluding hydrogens is 414 g/mol. The van der Waals surface area contributed by atoms with Crippen LogP contribution in [0, 0.1) is 0 Å². The van der Waals surface area contributed by atoms with Crippen LogP contribution in [0.2, 0.25) is 0 Å². The van der Waals surface area contributed by atoms with Gasteiger partial charge in [0.2, 0.25) is 0 Å². The van der Waals surface area contributed by atoms with Gasteiger partial charge in [0.15, 0.2) is 11.5 Å². The fourth-order valence-corrected chi connectivity index (χ4v) is 3.05. The minimum Gasteiger partial charge on any atom is -0.490 e. The quantitative estimate of drug-likeness (QED) is 0.392. The average molecular weight is 442 g/mol. The molecule has 6 heteroatoms. The minimum atomic E-state index is -0.879. The number of carboxylic acids is 1. The van der Waals surface area contributed by atoms with Crippen LogP contribution in [0.15, 0.2) is 78.9 Å². The second-order valence-electron chi connectivity index (χ2n) is 6.99. The number of nitrogens with one attached hydrogen (secondary N) is 1. The van der Waals surface area contributed by atoms with E-state index in [0.29, 0.717) is 31.3 Å². The summed E-state index contributed by atoms with van der Waals surface area (Å²) in [4.78, 5) is 10.7. The molecule has 0 saturated carbocycles. The monoisotopic (exact) mass is 441 g/mol. The highest BCUT2D eigenvalue weighted by molar-refractivity contribution is 5.85. The van der Waals surface area contributed by atoms with E-state index >= 15 is 0 Å². The number of rotatable bonds is 12. The van der Waals surface area contributed by atoms with E-state index in [2.05, 4.69) is 17.4 Å². The summed E-state index contributed by atoms with van der Waals surface area (Å²) in [6.07, 6.45) is 1.84.